The smallest absolute Gasteiger partial charge is 0.221 e. The fourth-order valence-electron chi connectivity index (χ4n) is 2.46. The molecule has 1 rings (SSSR count). The van der Waals surface area contributed by atoms with E-state index in [1.165, 1.54) is 6.42 Å². The van der Waals surface area contributed by atoms with Crippen LogP contribution in [0.5, 0.6) is 0 Å². The zero-order chi connectivity index (χ0) is 12.8. The Morgan fingerprint density at radius 3 is 2.65 bits per heavy atom. The van der Waals surface area contributed by atoms with E-state index in [0.29, 0.717) is 24.4 Å². The highest BCUT2D eigenvalue weighted by Crippen LogP contribution is 2.09. The average molecular weight is 241 g/mol. The number of rotatable bonds is 6. The van der Waals surface area contributed by atoms with Crippen LogP contribution in [0.1, 0.15) is 33.1 Å². The van der Waals surface area contributed by atoms with E-state index in [1.54, 1.807) is 0 Å². The summed E-state index contributed by atoms with van der Waals surface area (Å²) < 4.78 is 0. The number of nitrogens with one attached hydrogen (secondary N) is 2. The topological polar surface area (TPSA) is 44.4 Å². The first-order valence-corrected chi connectivity index (χ1v) is 6.67. The predicted molar refractivity (Wildman–Crippen MR) is 71.0 cm³/mol. The van der Waals surface area contributed by atoms with Gasteiger partial charge in [0.15, 0.2) is 0 Å². The van der Waals surface area contributed by atoms with E-state index in [-0.39, 0.29) is 5.91 Å². The Morgan fingerprint density at radius 1 is 1.47 bits per heavy atom. The maximum atomic E-state index is 11.8. The predicted octanol–water partition coefficient (Wildman–Crippen LogP) is 0.831. The van der Waals surface area contributed by atoms with Crippen LogP contribution in [0.2, 0.25) is 0 Å². The molecule has 1 aliphatic rings. The molecule has 0 aromatic carbocycles. The standard InChI is InChI=1S/C13H27N3O/c1-10(2)12(16(3)4)9-15-13(17)8-11-6-5-7-14-11/h10-12,14H,5-9H2,1-4H3,(H,15,17). The van der Waals surface area contributed by atoms with E-state index < -0.39 is 0 Å². The van der Waals surface area contributed by atoms with Crippen LogP contribution in [-0.4, -0.2) is 50.1 Å². The zero-order valence-corrected chi connectivity index (χ0v) is 11.6. The molecule has 0 saturated carbocycles. The largest absolute Gasteiger partial charge is 0.354 e. The van der Waals surface area contributed by atoms with Gasteiger partial charge in [-0.05, 0) is 39.4 Å². The lowest BCUT2D eigenvalue weighted by Gasteiger charge is -2.28. The molecule has 2 N–H and O–H groups in total. The Kier molecular flexibility index (Phi) is 5.92. The number of carbonyl (C=O) groups is 1. The second-order valence-electron chi connectivity index (χ2n) is 5.58. The molecule has 0 radical (unpaired) electrons. The van der Waals surface area contributed by atoms with Crippen molar-refractivity contribution in [2.45, 2.75) is 45.2 Å². The first-order valence-electron chi connectivity index (χ1n) is 6.67. The van der Waals surface area contributed by atoms with Gasteiger partial charge >= 0.3 is 0 Å². The molecular formula is C13H27N3O. The van der Waals surface area contributed by atoms with Gasteiger partial charge in [0.25, 0.3) is 0 Å². The molecule has 4 nitrogen and oxygen atoms in total. The fraction of sp³-hybridized carbons (Fsp3) is 0.923. The van der Waals surface area contributed by atoms with Gasteiger partial charge in [-0.25, -0.2) is 0 Å². The SMILES string of the molecule is CC(C)C(CNC(=O)CC1CCCN1)N(C)C. The lowest BCUT2D eigenvalue weighted by Crippen LogP contribution is -2.44. The first kappa shape index (κ1) is 14.5. The normalized spacial score (nSPS) is 22.1. The minimum absolute atomic E-state index is 0.178. The Hall–Kier alpha value is -0.610. The number of nitrogens with zero attached hydrogens (tertiary/aromatic N) is 1. The molecule has 0 aromatic rings. The van der Waals surface area contributed by atoms with Crippen LogP contribution in [0, 0.1) is 5.92 Å². The molecule has 17 heavy (non-hydrogen) atoms. The Labute approximate surface area is 105 Å². The summed E-state index contributed by atoms with van der Waals surface area (Å²) in [7, 11) is 4.13. The summed E-state index contributed by atoms with van der Waals surface area (Å²) in [6.07, 6.45) is 2.96. The van der Waals surface area contributed by atoms with Gasteiger partial charge in [0.1, 0.15) is 0 Å². The number of carbonyl (C=O) groups excluding carboxylic acids is 1. The Balaban J connectivity index is 2.25. The molecule has 0 aliphatic carbocycles. The van der Waals surface area contributed by atoms with Gasteiger partial charge in [0.05, 0.1) is 0 Å². The van der Waals surface area contributed by atoms with Crippen LogP contribution in [0.4, 0.5) is 0 Å². The fourth-order valence-corrected chi connectivity index (χ4v) is 2.46. The molecule has 1 amide bonds. The Bertz CT molecular complexity index is 227. The molecule has 0 spiro atoms. The Morgan fingerprint density at radius 2 is 2.18 bits per heavy atom. The number of hydrogen-bond acceptors (Lipinski definition) is 3. The van der Waals surface area contributed by atoms with Crippen LogP contribution in [0.3, 0.4) is 0 Å². The molecule has 0 aromatic heterocycles. The maximum absolute atomic E-state index is 11.8. The second kappa shape index (κ2) is 6.97. The monoisotopic (exact) mass is 241 g/mol. The van der Waals surface area contributed by atoms with Gasteiger partial charge in [-0.3, -0.25) is 4.79 Å². The molecule has 100 valence electrons. The summed E-state index contributed by atoms with van der Waals surface area (Å²) in [5.74, 6) is 0.729. The highest BCUT2D eigenvalue weighted by Gasteiger charge is 2.20. The van der Waals surface area contributed by atoms with Gasteiger partial charge in [-0.1, -0.05) is 13.8 Å². The molecule has 1 aliphatic heterocycles. The summed E-state index contributed by atoms with van der Waals surface area (Å²) in [5.41, 5.74) is 0. The minimum Gasteiger partial charge on any atom is -0.354 e. The van der Waals surface area contributed by atoms with Crippen molar-refractivity contribution in [3.8, 4) is 0 Å². The summed E-state index contributed by atoms with van der Waals surface area (Å²) in [6.45, 7) is 6.19. The van der Waals surface area contributed by atoms with Crippen LogP contribution in [0.15, 0.2) is 0 Å². The molecule has 1 saturated heterocycles. The molecular weight excluding hydrogens is 214 g/mol. The van der Waals surface area contributed by atoms with Crippen molar-refractivity contribution < 1.29 is 4.79 Å². The van der Waals surface area contributed by atoms with Crippen molar-refractivity contribution in [3.05, 3.63) is 0 Å². The van der Waals surface area contributed by atoms with E-state index in [0.717, 1.165) is 19.5 Å². The van der Waals surface area contributed by atoms with Crippen molar-refractivity contribution in [3.63, 3.8) is 0 Å². The van der Waals surface area contributed by atoms with E-state index in [4.69, 9.17) is 0 Å². The average Bonchev–Trinajstić information content (AvgIpc) is 2.69. The van der Waals surface area contributed by atoms with Gasteiger partial charge < -0.3 is 15.5 Å². The highest BCUT2D eigenvalue weighted by molar-refractivity contribution is 5.76. The van der Waals surface area contributed by atoms with E-state index in [2.05, 4.69) is 43.5 Å². The highest BCUT2D eigenvalue weighted by atomic mass is 16.1. The third-order valence-corrected chi connectivity index (χ3v) is 3.54. The van der Waals surface area contributed by atoms with E-state index >= 15 is 0 Å². The van der Waals surface area contributed by atoms with Crippen molar-refractivity contribution >= 4 is 5.91 Å². The molecule has 2 unspecified atom stereocenters. The van der Waals surface area contributed by atoms with Crippen LogP contribution < -0.4 is 10.6 Å². The maximum Gasteiger partial charge on any atom is 0.221 e. The lowest BCUT2D eigenvalue weighted by molar-refractivity contribution is -0.121. The molecule has 1 heterocycles. The third kappa shape index (κ3) is 5.04. The number of hydrogen-bond donors (Lipinski definition) is 2. The quantitative estimate of drug-likeness (QED) is 0.724. The van der Waals surface area contributed by atoms with Crippen LogP contribution >= 0.6 is 0 Å². The van der Waals surface area contributed by atoms with Crippen LogP contribution in [-0.2, 0) is 4.79 Å². The van der Waals surface area contributed by atoms with Gasteiger partial charge in [-0.15, -0.1) is 0 Å². The molecule has 0 bridgehead atoms. The number of likely N-dealkylation sites (N-methyl/N-ethyl adjacent to an activating group) is 1. The van der Waals surface area contributed by atoms with Crippen molar-refractivity contribution in [1.82, 2.24) is 15.5 Å². The second-order valence-corrected chi connectivity index (χ2v) is 5.58. The van der Waals surface area contributed by atoms with Gasteiger partial charge in [0, 0.05) is 25.0 Å². The molecule has 1 fully saturated rings. The minimum atomic E-state index is 0.178. The first-order chi connectivity index (χ1) is 8.00. The van der Waals surface area contributed by atoms with E-state index in [9.17, 15) is 4.79 Å². The molecule has 2 atom stereocenters. The zero-order valence-electron chi connectivity index (χ0n) is 11.6. The van der Waals surface area contributed by atoms with Crippen molar-refractivity contribution in [2.75, 3.05) is 27.2 Å². The van der Waals surface area contributed by atoms with Gasteiger partial charge in [0.2, 0.25) is 5.91 Å². The lowest BCUT2D eigenvalue weighted by atomic mass is 10.0. The molecule has 4 heteroatoms. The van der Waals surface area contributed by atoms with Gasteiger partial charge in [-0.2, -0.15) is 0 Å². The summed E-state index contributed by atoms with van der Waals surface area (Å²) in [5, 5.41) is 6.40. The van der Waals surface area contributed by atoms with Crippen molar-refractivity contribution in [1.29, 1.82) is 0 Å². The number of amides is 1. The summed E-state index contributed by atoms with van der Waals surface area (Å²) in [6, 6.07) is 0.808. The van der Waals surface area contributed by atoms with Crippen molar-refractivity contribution in [2.24, 2.45) is 5.92 Å². The van der Waals surface area contributed by atoms with E-state index in [1.807, 2.05) is 0 Å². The summed E-state index contributed by atoms with van der Waals surface area (Å²) >= 11 is 0. The summed E-state index contributed by atoms with van der Waals surface area (Å²) in [4.78, 5) is 14.0. The van der Waals surface area contributed by atoms with Crippen LogP contribution in [0.25, 0.3) is 0 Å². The third-order valence-electron chi connectivity index (χ3n) is 3.54.